The minimum Gasteiger partial charge on any atom is -0.383 e. The Labute approximate surface area is 120 Å². The van der Waals surface area contributed by atoms with Gasteiger partial charge in [-0.15, -0.1) is 11.3 Å². The van der Waals surface area contributed by atoms with Crippen molar-refractivity contribution in [1.29, 1.82) is 0 Å². The molecule has 0 unspecified atom stereocenters. The molecule has 0 aliphatic carbocycles. The lowest BCUT2D eigenvalue weighted by molar-refractivity contribution is -0.384. The molecular formula is C13H15N3O3S. The second kappa shape index (κ2) is 7.09. The zero-order chi connectivity index (χ0) is 14.4. The van der Waals surface area contributed by atoms with E-state index < -0.39 is 0 Å². The van der Waals surface area contributed by atoms with Gasteiger partial charge in [-0.05, 0) is 6.07 Å². The number of nitrogens with zero attached hydrogens (tertiary/aromatic N) is 2. The maximum atomic E-state index is 11.0. The van der Waals surface area contributed by atoms with Crippen molar-refractivity contribution in [1.82, 2.24) is 10.3 Å². The quantitative estimate of drug-likeness (QED) is 0.482. The van der Waals surface area contributed by atoms with Crippen molar-refractivity contribution < 1.29 is 9.66 Å². The summed E-state index contributed by atoms with van der Waals surface area (Å²) in [5.41, 5.74) is 1.28. The van der Waals surface area contributed by atoms with Gasteiger partial charge in [-0.25, -0.2) is 4.98 Å². The first kappa shape index (κ1) is 14.6. The Morgan fingerprint density at radius 3 is 3.00 bits per heavy atom. The Morgan fingerprint density at radius 1 is 1.45 bits per heavy atom. The number of hydrogen-bond acceptors (Lipinski definition) is 6. The number of hydrogen-bond donors (Lipinski definition) is 1. The van der Waals surface area contributed by atoms with E-state index in [1.165, 1.54) is 17.4 Å². The summed E-state index contributed by atoms with van der Waals surface area (Å²) in [6.45, 7) is 2.02. The Morgan fingerprint density at radius 2 is 2.25 bits per heavy atom. The summed E-state index contributed by atoms with van der Waals surface area (Å²) < 4.78 is 4.94. The zero-order valence-corrected chi connectivity index (χ0v) is 11.9. The molecule has 1 N–H and O–H groups in total. The number of rotatable bonds is 7. The predicted molar refractivity (Wildman–Crippen MR) is 77.8 cm³/mol. The van der Waals surface area contributed by atoms with Crippen LogP contribution in [-0.2, 0) is 11.3 Å². The van der Waals surface area contributed by atoms with Gasteiger partial charge in [0.1, 0.15) is 5.01 Å². The molecule has 0 radical (unpaired) electrons. The van der Waals surface area contributed by atoms with Gasteiger partial charge in [0.25, 0.3) is 5.69 Å². The number of benzene rings is 1. The number of thiazole rings is 1. The van der Waals surface area contributed by atoms with E-state index in [0.29, 0.717) is 24.4 Å². The number of nitrogens with one attached hydrogen (secondary N) is 1. The third kappa shape index (κ3) is 3.60. The molecule has 0 spiro atoms. The van der Waals surface area contributed by atoms with Crippen molar-refractivity contribution >= 4 is 17.0 Å². The third-order valence-corrected chi connectivity index (χ3v) is 3.54. The van der Waals surface area contributed by atoms with Gasteiger partial charge in [0.2, 0.25) is 0 Å². The normalized spacial score (nSPS) is 10.7. The average Bonchev–Trinajstić information content (AvgIpc) is 2.92. The van der Waals surface area contributed by atoms with Crippen molar-refractivity contribution in [2.75, 3.05) is 20.3 Å². The molecule has 7 heteroatoms. The Balaban J connectivity index is 2.11. The van der Waals surface area contributed by atoms with Crippen molar-refractivity contribution in [3.63, 3.8) is 0 Å². The van der Waals surface area contributed by atoms with E-state index in [2.05, 4.69) is 10.3 Å². The van der Waals surface area contributed by atoms with E-state index in [0.717, 1.165) is 11.6 Å². The van der Waals surface area contributed by atoms with E-state index in [1.54, 1.807) is 25.3 Å². The lowest BCUT2D eigenvalue weighted by Gasteiger charge is -2.01. The number of nitro groups is 1. The van der Waals surface area contributed by atoms with E-state index in [9.17, 15) is 10.1 Å². The standard InChI is InChI=1S/C13H15N3O3S/c1-19-7-6-14-8-13-15-11(9-20-13)10-4-2-3-5-12(10)16(17)18/h2-5,9,14H,6-8H2,1H3. The molecule has 106 valence electrons. The van der Waals surface area contributed by atoms with Crippen LogP contribution in [0.25, 0.3) is 11.3 Å². The summed E-state index contributed by atoms with van der Waals surface area (Å²) in [5.74, 6) is 0. The Bertz CT molecular complexity index is 586. The molecule has 0 bridgehead atoms. The summed E-state index contributed by atoms with van der Waals surface area (Å²) in [5, 5.41) is 16.9. The van der Waals surface area contributed by atoms with Crippen LogP contribution in [0.15, 0.2) is 29.6 Å². The molecule has 0 atom stereocenters. The van der Waals surface area contributed by atoms with Gasteiger partial charge in [0.15, 0.2) is 0 Å². The second-order valence-electron chi connectivity index (χ2n) is 4.07. The smallest absolute Gasteiger partial charge is 0.278 e. The van der Waals surface area contributed by atoms with Crippen LogP contribution in [0.2, 0.25) is 0 Å². The van der Waals surface area contributed by atoms with Gasteiger partial charge in [0, 0.05) is 31.6 Å². The molecule has 0 aliphatic heterocycles. The number of methoxy groups -OCH3 is 1. The molecular weight excluding hydrogens is 278 g/mol. The number of para-hydroxylation sites is 1. The maximum absolute atomic E-state index is 11.0. The van der Waals surface area contributed by atoms with Crippen LogP contribution >= 0.6 is 11.3 Å². The van der Waals surface area contributed by atoms with Crippen molar-refractivity contribution in [3.8, 4) is 11.3 Å². The highest BCUT2D eigenvalue weighted by molar-refractivity contribution is 7.09. The van der Waals surface area contributed by atoms with Crippen LogP contribution in [0, 0.1) is 10.1 Å². The molecule has 20 heavy (non-hydrogen) atoms. The molecule has 2 rings (SSSR count). The lowest BCUT2D eigenvalue weighted by atomic mass is 10.1. The first-order chi connectivity index (χ1) is 9.72. The van der Waals surface area contributed by atoms with Gasteiger partial charge in [-0.1, -0.05) is 12.1 Å². The van der Waals surface area contributed by atoms with Crippen LogP contribution < -0.4 is 5.32 Å². The number of nitro benzene ring substituents is 1. The van der Waals surface area contributed by atoms with Crippen LogP contribution in [0.3, 0.4) is 0 Å². The van der Waals surface area contributed by atoms with Crippen molar-refractivity contribution in [2.45, 2.75) is 6.54 Å². The fraction of sp³-hybridized carbons (Fsp3) is 0.308. The highest BCUT2D eigenvalue weighted by atomic mass is 32.1. The summed E-state index contributed by atoms with van der Waals surface area (Å²) in [6, 6.07) is 6.64. The fourth-order valence-electron chi connectivity index (χ4n) is 1.73. The molecule has 2 aromatic rings. The van der Waals surface area contributed by atoms with E-state index >= 15 is 0 Å². The zero-order valence-electron chi connectivity index (χ0n) is 11.0. The van der Waals surface area contributed by atoms with E-state index in [1.807, 2.05) is 5.38 Å². The summed E-state index contributed by atoms with van der Waals surface area (Å²) in [6.07, 6.45) is 0. The molecule has 1 aromatic heterocycles. The van der Waals surface area contributed by atoms with E-state index in [4.69, 9.17) is 4.74 Å². The molecule has 6 nitrogen and oxygen atoms in total. The minimum atomic E-state index is -0.384. The first-order valence-corrected chi connectivity index (χ1v) is 6.98. The van der Waals surface area contributed by atoms with Gasteiger partial charge in [-0.2, -0.15) is 0 Å². The van der Waals surface area contributed by atoms with Crippen LogP contribution in [0.5, 0.6) is 0 Å². The summed E-state index contributed by atoms with van der Waals surface area (Å²) in [4.78, 5) is 15.0. The monoisotopic (exact) mass is 293 g/mol. The highest BCUT2D eigenvalue weighted by Crippen LogP contribution is 2.30. The summed E-state index contributed by atoms with van der Waals surface area (Å²) >= 11 is 1.49. The molecule has 1 aromatic carbocycles. The van der Waals surface area contributed by atoms with Crippen molar-refractivity contribution in [2.24, 2.45) is 0 Å². The van der Waals surface area contributed by atoms with Gasteiger partial charge in [-0.3, -0.25) is 10.1 Å². The van der Waals surface area contributed by atoms with Crippen LogP contribution in [-0.4, -0.2) is 30.2 Å². The Kier molecular flexibility index (Phi) is 5.16. The van der Waals surface area contributed by atoms with Crippen LogP contribution in [0.1, 0.15) is 5.01 Å². The molecule has 0 amide bonds. The Hall–Kier alpha value is -1.83. The van der Waals surface area contributed by atoms with Gasteiger partial charge in [0.05, 0.1) is 22.8 Å². The van der Waals surface area contributed by atoms with Gasteiger partial charge >= 0.3 is 0 Å². The molecule has 0 saturated carbocycles. The minimum absolute atomic E-state index is 0.0803. The molecule has 0 fully saturated rings. The topological polar surface area (TPSA) is 77.3 Å². The van der Waals surface area contributed by atoms with Gasteiger partial charge < -0.3 is 10.1 Å². The third-order valence-electron chi connectivity index (χ3n) is 2.69. The number of ether oxygens (including phenoxy) is 1. The predicted octanol–water partition coefficient (Wildman–Crippen LogP) is 2.45. The first-order valence-electron chi connectivity index (χ1n) is 6.10. The summed E-state index contributed by atoms with van der Waals surface area (Å²) in [7, 11) is 1.65. The molecule has 1 heterocycles. The second-order valence-corrected chi connectivity index (χ2v) is 5.01. The average molecular weight is 293 g/mol. The molecule has 0 saturated heterocycles. The van der Waals surface area contributed by atoms with Crippen LogP contribution in [0.4, 0.5) is 5.69 Å². The fourth-order valence-corrected chi connectivity index (χ4v) is 2.50. The number of aromatic nitrogens is 1. The molecule has 0 aliphatic rings. The largest absolute Gasteiger partial charge is 0.383 e. The van der Waals surface area contributed by atoms with Crippen molar-refractivity contribution in [3.05, 3.63) is 44.8 Å². The maximum Gasteiger partial charge on any atom is 0.278 e. The van der Waals surface area contributed by atoms with E-state index in [-0.39, 0.29) is 10.6 Å². The lowest BCUT2D eigenvalue weighted by Crippen LogP contribution is -2.18. The SMILES string of the molecule is COCCNCc1nc(-c2ccccc2[N+](=O)[O-])cs1. The highest BCUT2D eigenvalue weighted by Gasteiger charge is 2.16.